The molecule has 1 fully saturated rings. The van der Waals surface area contributed by atoms with E-state index in [0.717, 1.165) is 23.6 Å². The maximum absolute atomic E-state index is 5.97. The summed E-state index contributed by atoms with van der Waals surface area (Å²) < 4.78 is 18.5. The van der Waals surface area contributed by atoms with E-state index in [-0.39, 0.29) is 6.10 Å². The Kier molecular flexibility index (Phi) is 4.10. The zero-order valence-electron chi connectivity index (χ0n) is 14.1. The van der Waals surface area contributed by atoms with E-state index in [9.17, 15) is 0 Å². The number of aromatic nitrogens is 4. The van der Waals surface area contributed by atoms with Gasteiger partial charge in [0.05, 0.1) is 20.8 Å². The summed E-state index contributed by atoms with van der Waals surface area (Å²) in [7, 11) is 3.26. The van der Waals surface area contributed by atoms with Crippen LogP contribution in [0.3, 0.4) is 0 Å². The zero-order valence-corrected chi connectivity index (χ0v) is 14.1. The first-order valence-corrected chi connectivity index (χ1v) is 8.03. The van der Waals surface area contributed by atoms with Crippen LogP contribution in [-0.2, 0) is 4.74 Å². The van der Waals surface area contributed by atoms with E-state index in [0.29, 0.717) is 24.7 Å². The summed E-state index contributed by atoms with van der Waals surface area (Å²) in [6.45, 7) is 2.04. The van der Waals surface area contributed by atoms with Crippen LogP contribution in [0.2, 0.25) is 0 Å². The number of anilines is 1. The lowest BCUT2D eigenvalue weighted by Gasteiger charge is -2.34. The van der Waals surface area contributed by atoms with Gasteiger partial charge in [-0.1, -0.05) is 6.07 Å². The summed E-state index contributed by atoms with van der Waals surface area (Å²) in [5.74, 6) is 2.21. The molecule has 0 aliphatic carbocycles. The lowest BCUT2D eigenvalue weighted by molar-refractivity contribution is 0.0394. The van der Waals surface area contributed by atoms with Crippen molar-refractivity contribution < 1.29 is 14.2 Å². The third-order valence-electron chi connectivity index (χ3n) is 4.34. The van der Waals surface area contributed by atoms with Crippen LogP contribution in [0.4, 0.5) is 5.82 Å². The summed E-state index contributed by atoms with van der Waals surface area (Å²) in [6, 6.07) is 5.85. The number of nitrogens with zero attached hydrogens (tertiary/aromatic N) is 5. The van der Waals surface area contributed by atoms with Crippen molar-refractivity contribution in [3.8, 4) is 11.5 Å². The lowest BCUT2D eigenvalue weighted by Crippen LogP contribution is -2.39. The molecule has 1 aliphatic heterocycles. The molecule has 0 radical (unpaired) electrons. The van der Waals surface area contributed by atoms with Gasteiger partial charge in [-0.05, 0) is 17.7 Å². The van der Waals surface area contributed by atoms with Gasteiger partial charge < -0.3 is 19.1 Å². The van der Waals surface area contributed by atoms with E-state index in [2.05, 4.69) is 20.1 Å². The summed E-state index contributed by atoms with van der Waals surface area (Å²) >= 11 is 0. The second kappa shape index (κ2) is 6.56. The fourth-order valence-corrected chi connectivity index (χ4v) is 3.06. The van der Waals surface area contributed by atoms with Gasteiger partial charge in [0, 0.05) is 25.5 Å². The third kappa shape index (κ3) is 2.85. The number of hydrogen-bond donors (Lipinski definition) is 0. The number of rotatable bonds is 4. The molecule has 8 nitrogen and oxygen atoms in total. The van der Waals surface area contributed by atoms with Gasteiger partial charge in [0.1, 0.15) is 12.4 Å². The van der Waals surface area contributed by atoms with Gasteiger partial charge in [0.2, 0.25) is 5.65 Å². The highest BCUT2D eigenvalue weighted by Crippen LogP contribution is 2.33. The van der Waals surface area contributed by atoms with Crippen molar-refractivity contribution in [1.82, 2.24) is 19.6 Å². The van der Waals surface area contributed by atoms with Crippen molar-refractivity contribution in [2.24, 2.45) is 0 Å². The minimum Gasteiger partial charge on any atom is -0.493 e. The minimum atomic E-state index is -0.0847. The summed E-state index contributed by atoms with van der Waals surface area (Å²) in [5.41, 5.74) is 1.78. The van der Waals surface area contributed by atoms with E-state index < -0.39 is 0 Å². The molecule has 1 saturated heterocycles. The van der Waals surface area contributed by atoms with Gasteiger partial charge in [-0.2, -0.15) is 0 Å². The van der Waals surface area contributed by atoms with Crippen molar-refractivity contribution in [2.45, 2.75) is 6.10 Å². The Morgan fingerprint density at radius 1 is 1.20 bits per heavy atom. The van der Waals surface area contributed by atoms with Gasteiger partial charge in [0.25, 0.3) is 0 Å². The molecule has 8 heteroatoms. The maximum Gasteiger partial charge on any atom is 0.203 e. The van der Waals surface area contributed by atoms with Gasteiger partial charge in [-0.25, -0.2) is 4.98 Å². The SMILES string of the molecule is COc1ccc(C2CN(c3nccn4cnnc34)CCO2)cc1OC. The smallest absolute Gasteiger partial charge is 0.203 e. The van der Waals surface area contributed by atoms with Crippen molar-refractivity contribution in [1.29, 1.82) is 0 Å². The van der Waals surface area contributed by atoms with Gasteiger partial charge >= 0.3 is 0 Å². The zero-order chi connectivity index (χ0) is 17.2. The predicted octanol–water partition coefficient (Wildman–Crippen LogP) is 1.72. The Morgan fingerprint density at radius 3 is 2.92 bits per heavy atom. The molecule has 0 bridgehead atoms. The fraction of sp³-hybridized carbons (Fsp3) is 0.353. The van der Waals surface area contributed by atoms with Crippen LogP contribution in [0.5, 0.6) is 11.5 Å². The van der Waals surface area contributed by atoms with Gasteiger partial charge in [-0.15, -0.1) is 10.2 Å². The molecule has 0 saturated carbocycles. The van der Waals surface area contributed by atoms with Crippen molar-refractivity contribution in [2.75, 3.05) is 38.8 Å². The lowest BCUT2D eigenvalue weighted by atomic mass is 10.1. The molecule has 1 aliphatic rings. The molecule has 4 rings (SSSR count). The van der Waals surface area contributed by atoms with E-state index in [1.165, 1.54) is 0 Å². The molecule has 0 amide bonds. The minimum absolute atomic E-state index is 0.0847. The fourth-order valence-electron chi connectivity index (χ4n) is 3.06. The first-order valence-electron chi connectivity index (χ1n) is 8.03. The largest absolute Gasteiger partial charge is 0.493 e. The summed E-state index contributed by atoms with van der Waals surface area (Å²) in [4.78, 5) is 6.67. The molecule has 3 heterocycles. The molecule has 130 valence electrons. The molecule has 1 atom stereocenters. The molecule has 3 aromatic rings. The van der Waals surface area contributed by atoms with Crippen LogP contribution in [-0.4, -0.2) is 53.5 Å². The molecule has 1 aromatic carbocycles. The van der Waals surface area contributed by atoms with Crippen LogP contribution >= 0.6 is 0 Å². The van der Waals surface area contributed by atoms with Crippen LogP contribution < -0.4 is 14.4 Å². The standard InChI is InChI=1S/C17H19N5O3/c1-23-13-4-3-12(9-14(13)24-2)15-10-21(7-8-25-15)16-17-20-19-11-22(17)6-5-18-16/h3-6,9,11,15H,7-8,10H2,1-2H3. The molecular formula is C17H19N5O3. The van der Waals surface area contributed by atoms with Gasteiger partial charge in [0.15, 0.2) is 17.3 Å². The van der Waals surface area contributed by atoms with Crippen LogP contribution in [0, 0.1) is 0 Å². The molecular weight excluding hydrogens is 322 g/mol. The molecule has 2 aromatic heterocycles. The van der Waals surface area contributed by atoms with Crippen LogP contribution in [0.1, 0.15) is 11.7 Å². The summed E-state index contributed by atoms with van der Waals surface area (Å²) in [6.07, 6.45) is 5.18. The average molecular weight is 341 g/mol. The van der Waals surface area contributed by atoms with E-state index in [1.807, 2.05) is 28.8 Å². The highest BCUT2D eigenvalue weighted by atomic mass is 16.5. The highest BCUT2D eigenvalue weighted by molar-refractivity contribution is 5.63. The first-order chi connectivity index (χ1) is 12.3. The number of ether oxygens (including phenoxy) is 3. The maximum atomic E-state index is 5.97. The molecule has 1 unspecified atom stereocenters. The normalized spacial score (nSPS) is 17.7. The third-order valence-corrected chi connectivity index (χ3v) is 4.34. The molecule has 0 spiro atoms. The number of benzene rings is 1. The Labute approximate surface area is 145 Å². The Morgan fingerprint density at radius 2 is 2.08 bits per heavy atom. The highest BCUT2D eigenvalue weighted by Gasteiger charge is 2.25. The van der Waals surface area contributed by atoms with Gasteiger partial charge in [-0.3, -0.25) is 4.40 Å². The Bertz CT molecular complexity index is 882. The second-order valence-electron chi connectivity index (χ2n) is 5.73. The quantitative estimate of drug-likeness (QED) is 0.715. The number of methoxy groups -OCH3 is 2. The van der Waals surface area contributed by atoms with Crippen LogP contribution in [0.25, 0.3) is 5.65 Å². The monoisotopic (exact) mass is 341 g/mol. The van der Waals surface area contributed by atoms with Crippen molar-refractivity contribution in [3.05, 3.63) is 42.5 Å². The van der Waals surface area contributed by atoms with E-state index in [4.69, 9.17) is 14.2 Å². The first kappa shape index (κ1) is 15.6. The van der Waals surface area contributed by atoms with Crippen LogP contribution in [0.15, 0.2) is 36.9 Å². The Hall–Kier alpha value is -2.87. The molecule has 0 N–H and O–H groups in total. The topological polar surface area (TPSA) is 74.0 Å². The number of hydrogen-bond acceptors (Lipinski definition) is 7. The second-order valence-corrected chi connectivity index (χ2v) is 5.73. The van der Waals surface area contributed by atoms with E-state index >= 15 is 0 Å². The molecule has 25 heavy (non-hydrogen) atoms. The van der Waals surface area contributed by atoms with E-state index in [1.54, 1.807) is 26.7 Å². The van der Waals surface area contributed by atoms with Crippen molar-refractivity contribution in [3.63, 3.8) is 0 Å². The van der Waals surface area contributed by atoms with Crippen molar-refractivity contribution >= 4 is 11.5 Å². The number of fused-ring (bicyclic) bond motifs is 1. The summed E-state index contributed by atoms with van der Waals surface area (Å²) in [5, 5.41) is 8.13. The predicted molar refractivity (Wildman–Crippen MR) is 91.2 cm³/mol. The number of morpholine rings is 1. The Balaban J connectivity index is 1.62. The average Bonchev–Trinajstić information content (AvgIpc) is 3.16.